The summed E-state index contributed by atoms with van der Waals surface area (Å²) in [5.41, 5.74) is -4.59. The summed E-state index contributed by atoms with van der Waals surface area (Å²) in [6.07, 6.45) is -12.1. The van der Waals surface area contributed by atoms with E-state index >= 15 is 0 Å². The van der Waals surface area contributed by atoms with Crippen molar-refractivity contribution in [1.82, 2.24) is 5.32 Å². The number of nitrogens with one attached hydrogen (secondary N) is 1. The molecule has 0 aromatic carbocycles. The van der Waals surface area contributed by atoms with Crippen molar-refractivity contribution in [1.29, 1.82) is 0 Å². The van der Waals surface area contributed by atoms with Crippen LogP contribution in [0.1, 0.15) is 12.8 Å². The van der Waals surface area contributed by atoms with E-state index in [-0.39, 0.29) is 6.42 Å². The normalized spacial score (nSPS) is 22.5. The lowest BCUT2D eigenvalue weighted by molar-refractivity contribution is -0.379. The van der Waals surface area contributed by atoms with Gasteiger partial charge in [0.15, 0.2) is 0 Å². The highest BCUT2D eigenvalue weighted by Gasteiger charge is 2.74. The van der Waals surface area contributed by atoms with Crippen molar-refractivity contribution in [2.24, 2.45) is 0 Å². The molecule has 1 fully saturated rings. The van der Waals surface area contributed by atoms with Gasteiger partial charge in [-0.1, -0.05) is 0 Å². The van der Waals surface area contributed by atoms with Gasteiger partial charge in [0.25, 0.3) is 0 Å². The molecule has 0 saturated carbocycles. The van der Waals surface area contributed by atoms with E-state index in [1.807, 2.05) is 0 Å². The standard InChI is InChI=1S/C7H7F6NO2/c8-6(9,10)5(7(11,12)13)14-3-1-2-4(15)16-5/h14H,1-3H2. The smallest absolute Gasteiger partial charge is 0.425 e. The Morgan fingerprint density at radius 2 is 1.62 bits per heavy atom. The van der Waals surface area contributed by atoms with E-state index in [0.717, 1.165) is 0 Å². The van der Waals surface area contributed by atoms with Crippen LogP contribution in [0, 0.1) is 0 Å². The van der Waals surface area contributed by atoms with Gasteiger partial charge in [-0.3, -0.25) is 10.1 Å². The Balaban J connectivity index is 3.17. The zero-order chi connectivity index (χ0) is 12.6. The van der Waals surface area contributed by atoms with Crippen LogP contribution in [0.5, 0.6) is 0 Å². The van der Waals surface area contributed by atoms with E-state index in [0.29, 0.717) is 0 Å². The Kier molecular flexibility index (Phi) is 3.10. The third-order valence-corrected chi connectivity index (χ3v) is 2.00. The maximum absolute atomic E-state index is 12.4. The average Bonchev–Trinajstić information content (AvgIpc) is 2.24. The maximum atomic E-state index is 12.4. The van der Waals surface area contributed by atoms with E-state index in [1.165, 1.54) is 5.32 Å². The molecule has 0 atom stereocenters. The van der Waals surface area contributed by atoms with Gasteiger partial charge >= 0.3 is 24.0 Å². The summed E-state index contributed by atoms with van der Waals surface area (Å²) in [5, 5.41) is 1.21. The van der Waals surface area contributed by atoms with E-state index < -0.39 is 37.0 Å². The summed E-state index contributed by atoms with van der Waals surface area (Å²) >= 11 is 0. The largest absolute Gasteiger partial charge is 0.452 e. The number of esters is 1. The summed E-state index contributed by atoms with van der Waals surface area (Å²) in [6.45, 7) is -0.606. The molecule has 1 N–H and O–H groups in total. The summed E-state index contributed by atoms with van der Waals surface area (Å²) in [6, 6.07) is 0. The fourth-order valence-corrected chi connectivity index (χ4v) is 1.23. The number of rotatable bonds is 0. The molecule has 0 amide bonds. The van der Waals surface area contributed by atoms with Crippen molar-refractivity contribution in [2.45, 2.75) is 30.9 Å². The van der Waals surface area contributed by atoms with Crippen LogP contribution in [0.25, 0.3) is 0 Å². The monoisotopic (exact) mass is 251 g/mol. The molecule has 0 radical (unpaired) electrons. The number of hydrogen-bond donors (Lipinski definition) is 1. The molecular formula is C7H7F6NO2. The number of cyclic esters (lactones) is 1. The lowest BCUT2D eigenvalue weighted by Crippen LogP contribution is -2.67. The van der Waals surface area contributed by atoms with E-state index in [1.54, 1.807) is 0 Å². The predicted molar refractivity (Wildman–Crippen MR) is 38.2 cm³/mol. The number of alkyl halides is 6. The van der Waals surface area contributed by atoms with E-state index in [4.69, 9.17) is 0 Å². The molecular weight excluding hydrogens is 244 g/mol. The zero-order valence-corrected chi connectivity index (χ0v) is 7.71. The molecule has 16 heavy (non-hydrogen) atoms. The summed E-state index contributed by atoms with van der Waals surface area (Å²) in [4.78, 5) is 10.7. The van der Waals surface area contributed by atoms with Gasteiger partial charge in [0, 0.05) is 6.42 Å². The van der Waals surface area contributed by atoms with Gasteiger partial charge in [-0.05, 0) is 13.0 Å². The van der Waals surface area contributed by atoms with Crippen molar-refractivity contribution >= 4 is 5.97 Å². The van der Waals surface area contributed by atoms with Crippen LogP contribution in [0.4, 0.5) is 26.3 Å². The maximum Gasteiger partial charge on any atom is 0.452 e. The minimum Gasteiger partial charge on any atom is -0.425 e. The fraction of sp³-hybridized carbons (Fsp3) is 0.857. The number of halogens is 6. The highest BCUT2D eigenvalue weighted by atomic mass is 19.4. The Morgan fingerprint density at radius 3 is 2.06 bits per heavy atom. The van der Waals surface area contributed by atoms with Gasteiger partial charge in [-0.25, -0.2) is 0 Å². The molecule has 0 aromatic heterocycles. The number of hydrogen-bond acceptors (Lipinski definition) is 3. The first-order valence-electron chi connectivity index (χ1n) is 4.20. The molecule has 94 valence electrons. The lowest BCUT2D eigenvalue weighted by atomic mass is 10.2. The molecule has 0 unspecified atom stereocenters. The van der Waals surface area contributed by atoms with E-state index in [2.05, 4.69) is 4.74 Å². The first-order chi connectivity index (χ1) is 7.10. The van der Waals surface area contributed by atoms with Crippen molar-refractivity contribution in [3.8, 4) is 0 Å². The second-order valence-corrected chi connectivity index (χ2v) is 3.18. The molecule has 9 heteroatoms. The Morgan fingerprint density at radius 1 is 1.12 bits per heavy atom. The van der Waals surface area contributed by atoms with Gasteiger partial charge in [-0.2, -0.15) is 26.3 Å². The quantitative estimate of drug-likeness (QED) is 0.526. The van der Waals surface area contributed by atoms with E-state index in [9.17, 15) is 31.1 Å². The molecule has 1 heterocycles. The van der Waals surface area contributed by atoms with Gasteiger partial charge in [-0.15, -0.1) is 0 Å². The van der Waals surface area contributed by atoms with Crippen molar-refractivity contribution in [2.75, 3.05) is 6.54 Å². The van der Waals surface area contributed by atoms with Gasteiger partial charge in [0.2, 0.25) is 0 Å². The summed E-state index contributed by atoms with van der Waals surface area (Å²) in [5.74, 6) is -1.53. The molecule has 1 aliphatic rings. The first kappa shape index (κ1) is 13.1. The Labute approximate surface area is 85.7 Å². The summed E-state index contributed by atoms with van der Waals surface area (Å²) < 4.78 is 77.8. The van der Waals surface area contributed by atoms with Crippen LogP contribution in [0.3, 0.4) is 0 Å². The molecule has 0 aromatic rings. The van der Waals surface area contributed by atoms with Crippen LogP contribution in [0.15, 0.2) is 0 Å². The van der Waals surface area contributed by atoms with Crippen molar-refractivity contribution in [3.05, 3.63) is 0 Å². The Hall–Kier alpha value is -0.990. The van der Waals surface area contributed by atoms with Crippen molar-refractivity contribution < 1.29 is 35.9 Å². The van der Waals surface area contributed by atoms with Crippen LogP contribution in [-0.4, -0.2) is 30.6 Å². The average molecular weight is 251 g/mol. The van der Waals surface area contributed by atoms with Crippen LogP contribution in [-0.2, 0) is 9.53 Å². The fourth-order valence-electron chi connectivity index (χ4n) is 1.23. The molecule has 1 rings (SSSR count). The zero-order valence-electron chi connectivity index (χ0n) is 7.71. The second kappa shape index (κ2) is 3.79. The summed E-state index contributed by atoms with van der Waals surface area (Å²) in [7, 11) is 0. The van der Waals surface area contributed by atoms with Gasteiger partial charge < -0.3 is 4.74 Å². The minimum atomic E-state index is -5.76. The molecule has 1 saturated heterocycles. The third-order valence-electron chi connectivity index (χ3n) is 2.00. The molecule has 1 aliphatic heterocycles. The predicted octanol–water partition coefficient (Wildman–Crippen LogP) is 1.73. The van der Waals surface area contributed by atoms with Crippen LogP contribution in [0.2, 0.25) is 0 Å². The van der Waals surface area contributed by atoms with Crippen molar-refractivity contribution in [3.63, 3.8) is 0 Å². The topological polar surface area (TPSA) is 38.3 Å². The number of carbonyl (C=O) groups excluding carboxylic acids is 1. The third kappa shape index (κ3) is 2.08. The van der Waals surface area contributed by atoms with Crippen LogP contribution >= 0.6 is 0 Å². The first-order valence-corrected chi connectivity index (χ1v) is 4.20. The SMILES string of the molecule is O=C1CCCNC(C(F)(F)F)(C(F)(F)F)O1. The highest BCUT2D eigenvalue weighted by molar-refractivity contribution is 5.70. The number of carbonyl (C=O) groups is 1. The Bertz CT molecular complexity index is 270. The molecule has 3 nitrogen and oxygen atoms in total. The van der Waals surface area contributed by atoms with Crippen LogP contribution < -0.4 is 5.32 Å². The molecule has 0 bridgehead atoms. The second-order valence-electron chi connectivity index (χ2n) is 3.18. The van der Waals surface area contributed by atoms with Gasteiger partial charge in [0.05, 0.1) is 0 Å². The molecule has 0 aliphatic carbocycles. The number of ether oxygens (including phenoxy) is 1. The van der Waals surface area contributed by atoms with Gasteiger partial charge in [0.1, 0.15) is 0 Å². The minimum absolute atomic E-state index is 0.146. The lowest BCUT2D eigenvalue weighted by Gasteiger charge is -2.35. The molecule has 0 spiro atoms. The highest BCUT2D eigenvalue weighted by Crippen LogP contribution is 2.44.